The van der Waals surface area contributed by atoms with Crippen molar-refractivity contribution < 1.29 is 27.0 Å². The van der Waals surface area contributed by atoms with Gasteiger partial charge in [0.1, 0.15) is 16.5 Å². The summed E-state index contributed by atoms with van der Waals surface area (Å²) in [4.78, 5) is 19.1. The summed E-state index contributed by atoms with van der Waals surface area (Å²) in [7, 11) is -2.81. The van der Waals surface area contributed by atoms with Gasteiger partial charge < -0.3 is 24.3 Å². The molecule has 0 aliphatic heterocycles. The molecule has 0 fully saturated rings. The Hall–Kier alpha value is -4.69. The van der Waals surface area contributed by atoms with Crippen LogP contribution >= 0.6 is 22.9 Å². The minimum atomic E-state index is -4.42. The van der Waals surface area contributed by atoms with Crippen LogP contribution in [0.4, 0.5) is 5.82 Å². The van der Waals surface area contributed by atoms with E-state index in [2.05, 4.69) is 9.68 Å². The molecule has 0 saturated carbocycles. The molecule has 0 aliphatic rings. The number of benzene rings is 2. The maximum absolute atomic E-state index is 13.7. The molecule has 4 aromatic heterocycles. The molecule has 0 unspecified atom stereocenters. The van der Waals surface area contributed by atoms with E-state index in [1.54, 1.807) is 43.7 Å². The molecule has 14 heteroatoms. The van der Waals surface area contributed by atoms with Crippen molar-refractivity contribution >= 4 is 49.8 Å². The maximum atomic E-state index is 13.7. The molecule has 0 saturated heterocycles. The van der Waals surface area contributed by atoms with Gasteiger partial charge >= 0.3 is 10.1 Å². The van der Waals surface area contributed by atoms with E-state index in [9.17, 15) is 17.8 Å². The maximum Gasteiger partial charge on any atom is 0.304 e. The molecule has 0 atom stereocenters. The number of ether oxygens (including phenoxy) is 2. The first-order valence-electron chi connectivity index (χ1n) is 15.6. The summed E-state index contributed by atoms with van der Waals surface area (Å²) in [5.74, 6) is 2.03. The van der Waals surface area contributed by atoms with Gasteiger partial charge in [0.25, 0.3) is 5.56 Å². The summed E-state index contributed by atoms with van der Waals surface area (Å²) in [6, 6.07) is 18.4. The largest absolute Gasteiger partial charge is 0.497 e. The molecule has 4 heterocycles. The first-order chi connectivity index (χ1) is 23.7. The Labute approximate surface area is 299 Å². The second-order valence-electron chi connectivity index (χ2n) is 11.6. The van der Waals surface area contributed by atoms with Crippen LogP contribution in [0.25, 0.3) is 33.2 Å². The Morgan fingerprint density at radius 3 is 2.30 bits per heavy atom. The molecule has 3 N–H and O–H groups in total. The SMILES string of the molecule is CCCOc1cc(Cn2c(=O)cc(-c3ccc(OC)cc3)c3c(C)nc(C)cc32)ccc1-c1cc(C)sc1S(=O)(=O)O.Cc1onc(N)c1Cl. The number of methoxy groups -OCH3 is 1. The average molecular weight is 737 g/mol. The summed E-state index contributed by atoms with van der Waals surface area (Å²) >= 11 is 6.52. The zero-order valence-corrected chi connectivity index (χ0v) is 30.8. The number of nitrogen functional groups attached to an aromatic ring is 1. The molecule has 0 bridgehead atoms. The number of anilines is 1. The van der Waals surface area contributed by atoms with Crippen LogP contribution in [0.1, 0.15) is 40.9 Å². The normalized spacial score (nSPS) is 11.4. The number of fused-ring (bicyclic) bond motifs is 1. The highest BCUT2D eigenvalue weighted by Crippen LogP contribution is 2.40. The van der Waals surface area contributed by atoms with Gasteiger partial charge in [-0.25, -0.2) is 0 Å². The third kappa shape index (κ3) is 7.86. The molecule has 0 amide bonds. The highest BCUT2D eigenvalue weighted by atomic mass is 35.5. The molecular weight excluding hydrogens is 700 g/mol. The van der Waals surface area contributed by atoms with Crippen LogP contribution in [-0.4, -0.2) is 41.4 Å². The van der Waals surface area contributed by atoms with Gasteiger partial charge in [-0.1, -0.05) is 47.9 Å². The van der Waals surface area contributed by atoms with Crippen LogP contribution in [0.3, 0.4) is 0 Å². The number of nitrogens with two attached hydrogens (primary N) is 1. The van der Waals surface area contributed by atoms with Crippen LogP contribution < -0.4 is 20.8 Å². The Morgan fingerprint density at radius 2 is 1.72 bits per heavy atom. The van der Waals surface area contributed by atoms with Gasteiger partial charge in [0, 0.05) is 38.8 Å². The van der Waals surface area contributed by atoms with E-state index in [1.165, 1.54) is 0 Å². The highest BCUT2D eigenvalue weighted by molar-refractivity contribution is 7.88. The fourth-order valence-electron chi connectivity index (χ4n) is 5.56. The van der Waals surface area contributed by atoms with Gasteiger partial charge in [0.15, 0.2) is 15.8 Å². The van der Waals surface area contributed by atoms with E-state index in [0.29, 0.717) is 34.3 Å². The number of halogens is 1. The third-order valence-corrected chi connectivity index (χ3v) is 10.7. The van der Waals surface area contributed by atoms with E-state index < -0.39 is 10.1 Å². The lowest BCUT2D eigenvalue weighted by molar-refractivity contribution is 0.318. The van der Waals surface area contributed by atoms with E-state index >= 15 is 0 Å². The van der Waals surface area contributed by atoms with Crippen LogP contribution in [0.2, 0.25) is 5.02 Å². The van der Waals surface area contributed by atoms with Crippen molar-refractivity contribution in [2.24, 2.45) is 0 Å². The second-order valence-corrected chi connectivity index (χ2v) is 14.9. The van der Waals surface area contributed by atoms with Crippen molar-refractivity contribution in [3.63, 3.8) is 0 Å². The fraction of sp³-hybridized carbons (Fsp3) is 0.250. The van der Waals surface area contributed by atoms with E-state index in [1.807, 2.05) is 63.2 Å². The third-order valence-electron chi connectivity index (χ3n) is 7.81. The van der Waals surface area contributed by atoms with Crippen molar-refractivity contribution in [1.29, 1.82) is 0 Å². The Bertz CT molecular complexity index is 2330. The molecule has 6 aromatic rings. The first kappa shape index (κ1) is 36.6. The molecular formula is C36H37ClN4O7S2. The van der Waals surface area contributed by atoms with Gasteiger partial charge in [0.2, 0.25) is 0 Å². The van der Waals surface area contributed by atoms with Crippen LogP contribution in [0.5, 0.6) is 11.5 Å². The zero-order chi connectivity index (χ0) is 36.3. The first-order valence-corrected chi connectivity index (χ1v) is 18.2. The zero-order valence-electron chi connectivity index (χ0n) is 28.4. The molecule has 262 valence electrons. The van der Waals surface area contributed by atoms with Crippen molar-refractivity contribution in [2.45, 2.75) is 51.8 Å². The van der Waals surface area contributed by atoms with Crippen LogP contribution in [0.15, 0.2) is 74.2 Å². The van der Waals surface area contributed by atoms with Gasteiger partial charge in [-0.15, -0.1) is 11.3 Å². The molecule has 2 aromatic carbocycles. The molecule has 0 spiro atoms. The number of hydrogen-bond donors (Lipinski definition) is 2. The summed E-state index contributed by atoms with van der Waals surface area (Å²) in [6.45, 7) is 10.0. The minimum Gasteiger partial charge on any atom is -0.497 e. The van der Waals surface area contributed by atoms with Crippen molar-refractivity contribution in [1.82, 2.24) is 14.7 Å². The minimum absolute atomic E-state index is 0.121. The second kappa shape index (κ2) is 15.1. The molecule has 11 nitrogen and oxygen atoms in total. The Morgan fingerprint density at radius 1 is 1.00 bits per heavy atom. The standard InChI is InChI=1S/C32H32N2O6S2.C4H5ClN2O/c1-6-13-40-29-16-22(7-12-25(29)27-15-20(3)41-32(27)42(36,37)38)18-34-28-14-19(2)33-21(4)31(28)26(17-30(34)35)23-8-10-24(39-5)11-9-23;1-2-3(5)4(6)7-8-2/h7-12,14-17H,6,13,18H2,1-5H3,(H,36,37,38);1H3,(H2,6,7). The van der Waals surface area contributed by atoms with Crippen LogP contribution in [0, 0.1) is 27.7 Å². The fourth-order valence-corrected chi connectivity index (χ4v) is 7.64. The van der Waals surface area contributed by atoms with E-state index in [-0.39, 0.29) is 22.1 Å². The number of aryl methyl sites for hydroxylation is 4. The van der Waals surface area contributed by atoms with Gasteiger partial charge in [-0.3, -0.25) is 14.3 Å². The number of hydrogen-bond acceptors (Lipinski definition) is 10. The van der Waals surface area contributed by atoms with E-state index in [0.717, 1.165) is 67.4 Å². The number of aromatic nitrogens is 3. The lowest BCUT2D eigenvalue weighted by atomic mass is 9.99. The predicted octanol–water partition coefficient (Wildman–Crippen LogP) is 8.03. The monoisotopic (exact) mass is 736 g/mol. The molecule has 0 radical (unpaired) electrons. The Balaban J connectivity index is 0.000000535. The highest BCUT2D eigenvalue weighted by Gasteiger charge is 2.23. The van der Waals surface area contributed by atoms with Crippen molar-refractivity contribution in [3.05, 3.63) is 104 Å². The smallest absolute Gasteiger partial charge is 0.304 e. The number of nitrogens with zero attached hydrogens (tertiary/aromatic N) is 3. The summed E-state index contributed by atoms with van der Waals surface area (Å²) in [6.07, 6.45) is 0.750. The molecule has 6 rings (SSSR count). The van der Waals surface area contributed by atoms with Crippen molar-refractivity contribution in [3.8, 4) is 33.8 Å². The quantitative estimate of drug-likeness (QED) is 0.139. The summed E-state index contributed by atoms with van der Waals surface area (Å²) < 4.78 is 51.7. The predicted molar refractivity (Wildman–Crippen MR) is 197 cm³/mol. The van der Waals surface area contributed by atoms with Crippen LogP contribution in [-0.2, 0) is 16.7 Å². The molecule has 50 heavy (non-hydrogen) atoms. The van der Waals surface area contributed by atoms with Gasteiger partial charge in [-0.2, -0.15) is 8.42 Å². The topological polar surface area (TPSA) is 160 Å². The van der Waals surface area contributed by atoms with Gasteiger partial charge in [0.05, 0.1) is 25.8 Å². The van der Waals surface area contributed by atoms with E-state index in [4.69, 9.17) is 31.8 Å². The Kier molecular flexibility index (Phi) is 11.0. The number of pyridine rings is 2. The lowest BCUT2D eigenvalue weighted by Crippen LogP contribution is -2.21. The number of thiophene rings is 1. The summed E-state index contributed by atoms with van der Waals surface area (Å²) in [5, 5.41) is 4.68. The summed E-state index contributed by atoms with van der Waals surface area (Å²) in [5.41, 5.74) is 10.9. The van der Waals surface area contributed by atoms with Crippen molar-refractivity contribution in [2.75, 3.05) is 19.5 Å². The molecule has 0 aliphatic carbocycles. The number of rotatable bonds is 9. The lowest BCUT2D eigenvalue weighted by Gasteiger charge is -2.18. The average Bonchev–Trinajstić information content (AvgIpc) is 3.62. The van der Waals surface area contributed by atoms with Gasteiger partial charge in [-0.05, 0) is 81.1 Å².